The lowest BCUT2D eigenvalue weighted by Crippen LogP contribution is -2.21. The van der Waals surface area contributed by atoms with Gasteiger partial charge in [-0.2, -0.15) is 5.26 Å². The van der Waals surface area contributed by atoms with Gasteiger partial charge < -0.3 is 5.32 Å². The molecule has 0 aliphatic heterocycles. The maximum Gasteiger partial charge on any atom is 0.126 e. The molecular weight excluding hydrogens is 239 g/mol. The minimum Gasteiger partial charge on any atom is -0.385 e. The maximum absolute atomic E-state index is 13.3. The van der Waals surface area contributed by atoms with Crippen LogP contribution in [-0.2, 0) is 0 Å². The second kappa shape index (κ2) is 6.56. The van der Waals surface area contributed by atoms with E-state index in [0.717, 1.165) is 12.5 Å². The predicted molar refractivity (Wildman–Crippen MR) is 75.3 cm³/mol. The van der Waals surface area contributed by atoms with Crippen molar-refractivity contribution in [2.45, 2.75) is 39.0 Å². The number of anilines is 1. The summed E-state index contributed by atoms with van der Waals surface area (Å²) in [6, 6.07) is 6.41. The average molecular weight is 260 g/mol. The monoisotopic (exact) mass is 260 g/mol. The third kappa shape index (κ3) is 3.96. The second-order valence-electron chi connectivity index (χ2n) is 5.52. The number of hydrogen-bond donors (Lipinski definition) is 1. The van der Waals surface area contributed by atoms with Gasteiger partial charge in [0.05, 0.1) is 11.6 Å². The van der Waals surface area contributed by atoms with Gasteiger partial charge in [0.15, 0.2) is 0 Å². The van der Waals surface area contributed by atoms with Crippen molar-refractivity contribution in [1.29, 1.82) is 5.26 Å². The Morgan fingerprint density at radius 1 is 1.21 bits per heavy atom. The van der Waals surface area contributed by atoms with Gasteiger partial charge in [-0.3, -0.25) is 0 Å². The van der Waals surface area contributed by atoms with Crippen molar-refractivity contribution in [1.82, 2.24) is 0 Å². The molecule has 0 bridgehead atoms. The Morgan fingerprint density at radius 2 is 1.89 bits per heavy atom. The van der Waals surface area contributed by atoms with Crippen molar-refractivity contribution in [3.63, 3.8) is 0 Å². The Labute approximate surface area is 114 Å². The van der Waals surface area contributed by atoms with Crippen LogP contribution in [0.5, 0.6) is 0 Å². The highest BCUT2D eigenvalue weighted by Crippen LogP contribution is 2.30. The molecule has 3 heteroatoms. The smallest absolute Gasteiger partial charge is 0.126 e. The van der Waals surface area contributed by atoms with Crippen molar-refractivity contribution >= 4 is 5.69 Å². The van der Waals surface area contributed by atoms with Crippen LogP contribution in [0.25, 0.3) is 0 Å². The molecule has 1 aliphatic carbocycles. The van der Waals surface area contributed by atoms with Gasteiger partial charge >= 0.3 is 0 Å². The zero-order valence-corrected chi connectivity index (χ0v) is 11.5. The normalized spacial score (nSPS) is 22.8. The molecule has 0 unspecified atom stereocenters. The van der Waals surface area contributed by atoms with Crippen molar-refractivity contribution in [3.05, 3.63) is 29.6 Å². The molecule has 1 aliphatic rings. The molecule has 2 nitrogen and oxygen atoms in total. The van der Waals surface area contributed by atoms with E-state index in [4.69, 9.17) is 5.26 Å². The van der Waals surface area contributed by atoms with E-state index >= 15 is 0 Å². The molecule has 2 rings (SSSR count). The molecule has 19 heavy (non-hydrogen) atoms. The average Bonchev–Trinajstić information content (AvgIpc) is 2.45. The van der Waals surface area contributed by atoms with Crippen molar-refractivity contribution < 1.29 is 4.39 Å². The summed E-state index contributed by atoms with van der Waals surface area (Å²) in [5.74, 6) is 1.23. The molecule has 1 fully saturated rings. The number of rotatable bonds is 4. The summed E-state index contributed by atoms with van der Waals surface area (Å²) in [7, 11) is 0. The van der Waals surface area contributed by atoms with E-state index in [0.29, 0.717) is 17.2 Å². The van der Waals surface area contributed by atoms with Gasteiger partial charge in [0.25, 0.3) is 0 Å². The number of nitrogens with one attached hydrogen (secondary N) is 1. The lowest BCUT2D eigenvalue weighted by atomic mass is 9.81. The van der Waals surface area contributed by atoms with Gasteiger partial charge in [0.2, 0.25) is 0 Å². The predicted octanol–water partition coefficient (Wildman–Crippen LogP) is 4.33. The Kier molecular flexibility index (Phi) is 4.79. The minimum atomic E-state index is -0.351. The number of nitriles is 1. The fraction of sp³-hybridized carbons (Fsp3) is 0.562. The van der Waals surface area contributed by atoms with Gasteiger partial charge in [0, 0.05) is 12.2 Å². The van der Waals surface area contributed by atoms with Crippen molar-refractivity contribution in [2.75, 3.05) is 11.9 Å². The molecule has 0 amide bonds. The quantitative estimate of drug-likeness (QED) is 0.874. The third-order valence-corrected chi connectivity index (χ3v) is 4.17. The highest BCUT2D eigenvalue weighted by molar-refractivity contribution is 5.49. The van der Waals surface area contributed by atoms with E-state index in [2.05, 4.69) is 12.2 Å². The first-order chi connectivity index (χ1) is 9.21. The molecule has 0 radical (unpaired) electrons. The fourth-order valence-electron chi connectivity index (χ4n) is 2.86. The highest BCUT2D eigenvalue weighted by atomic mass is 19.1. The Balaban J connectivity index is 1.86. The molecule has 0 saturated heterocycles. The van der Waals surface area contributed by atoms with E-state index in [9.17, 15) is 4.39 Å². The SMILES string of the molecule is CCC1CCC(CNc2cc(F)cc(C#N)c2)CC1. The summed E-state index contributed by atoms with van der Waals surface area (Å²) in [5.41, 5.74) is 1.09. The summed E-state index contributed by atoms with van der Waals surface area (Å²) in [5, 5.41) is 12.1. The van der Waals surface area contributed by atoms with Gasteiger partial charge in [-0.15, -0.1) is 0 Å². The van der Waals surface area contributed by atoms with E-state index < -0.39 is 0 Å². The van der Waals surface area contributed by atoms with Crippen LogP contribution in [0.4, 0.5) is 10.1 Å². The molecule has 102 valence electrons. The van der Waals surface area contributed by atoms with E-state index in [-0.39, 0.29) is 5.82 Å². The summed E-state index contributed by atoms with van der Waals surface area (Å²) >= 11 is 0. The van der Waals surface area contributed by atoms with Crippen LogP contribution in [0.15, 0.2) is 18.2 Å². The Hall–Kier alpha value is -1.56. The first-order valence-corrected chi connectivity index (χ1v) is 7.15. The molecule has 0 spiro atoms. The molecule has 1 aromatic rings. The second-order valence-corrected chi connectivity index (χ2v) is 5.52. The van der Waals surface area contributed by atoms with Crippen LogP contribution in [0.1, 0.15) is 44.6 Å². The topological polar surface area (TPSA) is 35.8 Å². The minimum absolute atomic E-state index is 0.351. The standard InChI is InChI=1S/C16H21FN2/c1-2-12-3-5-13(6-4-12)11-19-16-8-14(10-18)7-15(17)9-16/h7-9,12-13,19H,2-6,11H2,1H3. The van der Waals surface area contributed by atoms with Gasteiger partial charge in [0.1, 0.15) is 5.82 Å². The fourth-order valence-corrected chi connectivity index (χ4v) is 2.86. The maximum atomic E-state index is 13.3. The van der Waals surface area contributed by atoms with Gasteiger partial charge in [-0.05, 0) is 42.9 Å². The lowest BCUT2D eigenvalue weighted by Gasteiger charge is -2.28. The Morgan fingerprint density at radius 3 is 2.53 bits per heavy atom. The number of hydrogen-bond acceptors (Lipinski definition) is 2. The van der Waals surface area contributed by atoms with Crippen molar-refractivity contribution in [3.8, 4) is 6.07 Å². The highest BCUT2D eigenvalue weighted by Gasteiger charge is 2.19. The van der Waals surface area contributed by atoms with Gasteiger partial charge in [-0.25, -0.2) is 4.39 Å². The van der Waals surface area contributed by atoms with E-state index in [1.807, 2.05) is 6.07 Å². The first kappa shape index (κ1) is 13.9. The molecule has 1 N–H and O–H groups in total. The third-order valence-electron chi connectivity index (χ3n) is 4.17. The van der Waals surface area contributed by atoms with Crippen LogP contribution >= 0.6 is 0 Å². The molecule has 0 atom stereocenters. The zero-order chi connectivity index (χ0) is 13.7. The summed E-state index contributed by atoms with van der Waals surface area (Å²) in [4.78, 5) is 0. The zero-order valence-electron chi connectivity index (χ0n) is 11.5. The van der Waals surface area contributed by atoms with E-state index in [1.54, 1.807) is 6.07 Å². The Bertz CT molecular complexity index is 456. The van der Waals surface area contributed by atoms with Crippen LogP contribution in [0.2, 0.25) is 0 Å². The van der Waals surface area contributed by atoms with Crippen LogP contribution < -0.4 is 5.32 Å². The molecular formula is C16H21FN2. The largest absolute Gasteiger partial charge is 0.385 e. The number of nitrogens with zero attached hydrogens (tertiary/aromatic N) is 1. The van der Waals surface area contributed by atoms with Crippen LogP contribution in [0, 0.1) is 29.0 Å². The summed E-state index contributed by atoms with van der Waals surface area (Å²) < 4.78 is 13.3. The van der Waals surface area contributed by atoms with Gasteiger partial charge in [-0.1, -0.05) is 26.2 Å². The van der Waals surface area contributed by atoms with Crippen LogP contribution in [0.3, 0.4) is 0 Å². The molecule has 1 aromatic carbocycles. The van der Waals surface area contributed by atoms with E-state index in [1.165, 1.54) is 44.2 Å². The summed E-state index contributed by atoms with van der Waals surface area (Å²) in [6.07, 6.45) is 6.43. The van der Waals surface area contributed by atoms with Crippen LogP contribution in [-0.4, -0.2) is 6.54 Å². The molecule has 0 heterocycles. The summed E-state index contributed by atoms with van der Waals surface area (Å²) in [6.45, 7) is 3.14. The molecule has 0 aromatic heterocycles. The number of halogens is 1. The molecule has 1 saturated carbocycles. The van der Waals surface area contributed by atoms with Crippen molar-refractivity contribution in [2.24, 2.45) is 11.8 Å². The first-order valence-electron chi connectivity index (χ1n) is 7.15. The lowest BCUT2D eigenvalue weighted by molar-refractivity contribution is 0.278. The number of benzene rings is 1.